The average Bonchev–Trinajstić information content (AvgIpc) is 1.52. The molecule has 0 saturated heterocycles. The molecule has 0 radical (unpaired) electrons. The fourth-order valence-electron chi connectivity index (χ4n) is 21.0. The first-order valence-corrected chi connectivity index (χ1v) is 50.4. The number of hydrogen-bond acceptors (Lipinski definition) is 0. The van der Waals surface area contributed by atoms with E-state index in [1.165, 1.54) is 144 Å². The van der Waals surface area contributed by atoms with Crippen molar-refractivity contribution < 1.29 is 0 Å². The van der Waals surface area contributed by atoms with E-state index in [1.807, 2.05) is 0 Å². The molecule has 0 aliphatic rings. The Morgan fingerprint density at radius 3 is 0.370 bits per heavy atom. The van der Waals surface area contributed by atoms with Gasteiger partial charge in [-0.3, -0.25) is 0 Å². The van der Waals surface area contributed by atoms with Crippen molar-refractivity contribution in [1.82, 2.24) is 9.35 Å². The summed E-state index contributed by atoms with van der Waals surface area (Å²) >= 11 is 0. The van der Waals surface area contributed by atoms with Gasteiger partial charge in [-0.25, -0.2) is 9.35 Å². The van der Waals surface area contributed by atoms with Gasteiger partial charge >= 0.3 is 0 Å². The van der Waals surface area contributed by atoms with Gasteiger partial charge in [-0.05, 0) is 280 Å². The summed E-state index contributed by atoms with van der Waals surface area (Å²) in [5.74, 6) is 0. The molecule has 698 valence electrons. The lowest BCUT2D eigenvalue weighted by molar-refractivity contribution is 0.590. The molecule has 0 amide bonds. The number of para-hydroxylation sites is 2. The SMILES string of the molecule is CC(C)(C)c1ccc(-c2c(-c3ccc(C(C)(C)C)cc3)c(-c3ccc(C(C)(C)C)cc3)c(-c3ccc4c(c3)c3ccccc3n4-n3c4ccccc4c4cc(-c5c(-c6ccc(C(C)(C)C)cc6)c(-c6ccc(C(C)(C)C)cc6)c(-c6ccc(C(C)(C)C)cc6)c(-c6ccc(C(C)(C)C)cc6)c5-c5ccc(C(C)(C)C)cc5)ccc43)c(-c3ccc(C(C)(C)C)cc3)c2-c2ccc(C(C)(C)C)cc2)cc1. The van der Waals surface area contributed by atoms with Gasteiger partial charge in [0.1, 0.15) is 0 Å². The van der Waals surface area contributed by atoms with Crippen LogP contribution >= 0.6 is 0 Å². The number of benzene rings is 16. The Balaban J connectivity index is 0.983. The van der Waals surface area contributed by atoms with E-state index in [4.69, 9.17) is 0 Å². The van der Waals surface area contributed by atoms with E-state index in [0.717, 1.165) is 88.5 Å². The molecule has 138 heavy (non-hydrogen) atoms. The van der Waals surface area contributed by atoms with Gasteiger partial charge < -0.3 is 0 Å². The van der Waals surface area contributed by atoms with Crippen molar-refractivity contribution >= 4 is 43.6 Å². The van der Waals surface area contributed by atoms with Crippen LogP contribution in [0.2, 0.25) is 0 Å². The van der Waals surface area contributed by atoms with Gasteiger partial charge in [-0.15, -0.1) is 0 Å². The summed E-state index contributed by atoms with van der Waals surface area (Å²) in [6.45, 7) is 70.0. The summed E-state index contributed by atoms with van der Waals surface area (Å²) in [6.07, 6.45) is 0. The lowest BCUT2D eigenvalue weighted by Gasteiger charge is -2.30. The minimum Gasteiger partial charge on any atom is -0.248 e. The minimum absolute atomic E-state index is 0.0767. The highest BCUT2D eigenvalue weighted by atomic mass is 15.5. The smallest absolute Gasteiger partial charge is 0.0716 e. The molecular weight excluding hydrogens is 1660 g/mol. The first kappa shape index (κ1) is 95.4. The molecule has 2 nitrogen and oxygen atoms in total. The molecule has 0 atom stereocenters. The van der Waals surface area contributed by atoms with Gasteiger partial charge in [0.2, 0.25) is 0 Å². The molecule has 2 aromatic heterocycles. The molecule has 0 unspecified atom stereocenters. The summed E-state index contributed by atoms with van der Waals surface area (Å²) in [7, 11) is 0. The maximum absolute atomic E-state index is 2.57. The molecule has 2 heteroatoms. The van der Waals surface area contributed by atoms with Crippen LogP contribution < -0.4 is 0 Å². The Hall–Kier alpha value is -12.9. The Morgan fingerprint density at radius 2 is 0.232 bits per heavy atom. The molecule has 2 heterocycles. The number of aromatic nitrogens is 2. The molecule has 0 bridgehead atoms. The van der Waals surface area contributed by atoms with Crippen LogP contribution in [0.1, 0.15) is 263 Å². The van der Waals surface area contributed by atoms with Crippen molar-refractivity contribution in [1.29, 1.82) is 0 Å². The van der Waals surface area contributed by atoms with Gasteiger partial charge in [0.25, 0.3) is 0 Å². The molecule has 0 aliphatic heterocycles. The molecule has 18 rings (SSSR count). The number of fused-ring (bicyclic) bond motifs is 6. The average molecular weight is 1810 g/mol. The third kappa shape index (κ3) is 18.0. The fraction of sp³-hybridized carbons (Fsp3) is 0.294. The first-order chi connectivity index (χ1) is 64.8. The van der Waals surface area contributed by atoms with Crippen LogP contribution in [0.25, 0.3) is 177 Å². The van der Waals surface area contributed by atoms with Crippen LogP contribution in [0.3, 0.4) is 0 Å². The lowest BCUT2D eigenvalue weighted by atomic mass is 9.73. The molecule has 0 saturated carbocycles. The summed E-state index contributed by atoms with van der Waals surface area (Å²) in [5.41, 5.74) is 44.6. The van der Waals surface area contributed by atoms with Gasteiger partial charge in [-0.2, -0.15) is 0 Å². The summed E-state index contributed by atoms with van der Waals surface area (Å²) in [6, 6.07) is 130. The van der Waals surface area contributed by atoms with Gasteiger partial charge in [-0.1, -0.05) is 499 Å². The van der Waals surface area contributed by atoms with Gasteiger partial charge in [0, 0.05) is 21.5 Å². The highest BCUT2D eigenvalue weighted by molar-refractivity contribution is 6.20. The van der Waals surface area contributed by atoms with E-state index in [2.05, 4.69) is 545 Å². The predicted molar refractivity (Wildman–Crippen MR) is 602 cm³/mol. The predicted octanol–water partition coefficient (Wildman–Crippen LogP) is 39.2. The van der Waals surface area contributed by atoms with Gasteiger partial charge in [0.05, 0.1) is 22.1 Å². The standard InChI is InChI=1S/C136H144N2/c1-127(2,3)97-61-39-85(40-62-97)115-117(87-43-65-99(66-44-87)129(7,8)9)121(91-51-73-103(74-52-91)133(19,20)21)125(122(92-53-75-104(76-54-92)134(22,23)24)118(115)88-45-67-100(68-46-88)130(10,11)12)95-59-81-113-109(83-95)107-35-31-33-37-111(107)137(113)138-112-38-34-32-36-108(112)110-84-96(60-82-114(110)138)126-123(93-55-77-105(78-56-93)135(25,26)27)119(89-47-69-101(70-48-89)131(13,14)15)116(86-41-63-98(64-42-86)128(4,5)6)120(90-49-71-102(72-50-90)132(16,17)18)124(126)94-57-79-106(80-58-94)136(28,29)30/h31-84H,1-30H3. The number of hydrogen-bond donors (Lipinski definition) is 0. The van der Waals surface area contributed by atoms with E-state index in [1.54, 1.807) is 0 Å². The van der Waals surface area contributed by atoms with Crippen molar-refractivity contribution in [3.8, 4) is 134 Å². The zero-order valence-electron chi connectivity index (χ0n) is 88.1. The number of rotatable bonds is 13. The van der Waals surface area contributed by atoms with Crippen molar-refractivity contribution in [2.24, 2.45) is 0 Å². The van der Waals surface area contributed by atoms with E-state index in [9.17, 15) is 0 Å². The van der Waals surface area contributed by atoms with Crippen molar-refractivity contribution in [2.45, 2.75) is 262 Å². The second-order valence-corrected chi connectivity index (χ2v) is 49.9. The van der Waals surface area contributed by atoms with Crippen LogP contribution in [-0.4, -0.2) is 9.35 Å². The van der Waals surface area contributed by atoms with Crippen LogP contribution in [0.5, 0.6) is 0 Å². The molecule has 0 N–H and O–H groups in total. The fourth-order valence-corrected chi connectivity index (χ4v) is 21.0. The van der Waals surface area contributed by atoms with E-state index >= 15 is 0 Å². The second kappa shape index (κ2) is 34.6. The summed E-state index contributed by atoms with van der Waals surface area (Å²) < 4.78 is 5.10. The van der Waals surface area contributed by atoms with Crippen LogP contribution in [0.4, 0.5) is 0 Å². The van der Waals surface area contributed by atoms with Crippen LogP contribution in [-0.2, 0) is 54.1 Å². The highest BCUT2D eigenvalue weighted by Gasteiger charge is 2.37. The Kier molecular flexibility index (Phi) is 23.9. The van der Waals surface area contributed by atoms with E-state index in [-0.39, 0.29) is 54.1 Å². The summed E-state index contributed by atoms with van der Waals surface area (Å²) in [4.78, 5) is 0. The Morgan fingerprint density at radius 1 is 0.116 bits per heavy atom. The summed E-state index contributed by atoms with van der Waals surface area (Å²) in [5, 5.41) is 4.65. The third-order valence-corrected chi connectivity index (χ3v) is 29.5. The van der Waals surface area contributed by atoms with Crippen molar-refractivity contribution in [3.63, 3.8) is 0 Å². The monoisotopic (exact) mass is 1810 g/mol. The van der Waals surface area contributed by atoms with Crippen molar-refractivity contribution in [2.75, 3.05) is 0 Å². The number of nitrogens with zero attached hydrogens (tertiary/aromatic N) is 2. The van der Waals surface area contributed by atoms with E-state index in [0.29, 0.717) is 0 Å². The van der Waals surface area contributed by atoms with Crippen molar-refractivity contribution in [3.05, 3.63) is 383 Å². The molecule has 0 spiro atoms. The Bertz CT molecular complexity index is 6890. The third-order valence-electron chi connectivity index (χ3n) is 29.5. The highest BCUT2D eigenvalue weighted by Crippen LogP contribution is 2.61. The zero-order chi connectivity index (χ0) is 98.6. The quantitative estimate of drug-likeness (QED) is 0.109. The maximum atomic E-state index is 2.57. The minimum atomic E-state index is -0.0974. The molecule has 16 aromatic carbocycles. The van der Waals surface area contributed by atoms with Crippen LogP contribution in [0.15, 0.2) is 328 Å². The maximum Gasteiger partial charge on any atom is 0.0716 e. The second-order valence-electron chi connectivity index (χ2n) is 49.9. The Labute approximate surface area is 825 Å². The molecular formula is C136H144N2. The molecule has 18 aromatic rings. The van der Waals surface area contributed by atoms with Crippen LogP contribution in [0, 0.1) is 0 Å². The zero-order valence-corrected chi connectivity index (χ0v) is 88.1. The normalized spacial score (nSPS) is 13.0. The largest absolute Gasteiger partial charge is 0.248 e. The topological polar surface area (TPSA) is 9.86 Å². The first-order valence-electron chi connectivity index (χ1n) is 50.4. The molecule has 0 fully saturated rings. The lowest BCUT2D eigenvalue weighted by Crippen LogP contribution is -2.12. The molecule has 0 aliphatic carbocycles. The van der Waals surface area contributed by atoms with E-state index < -0.39 is 0 Å². The van der Waals surface area contributed by atoms with Gasteiger partial charge in [0.15, 0.2) is 0 Å².